The molecule has 1 nitrogen and oxygen atoms in total. The van der Waals surface area contributed by atoms with Crippen molar-refractivity contribution in [1.29, 1.82) is 0 Å². The molecule has 0 heterocycles. The lowest BCUT2D eigenvalue weighted by molar-refractivity contribution is 0.200. The van der Waals surface area contributed by atoms with Crippen LogP contribution in [0.25, 0.3) is 0 Å². The smallest absolute Gasteiger partial charge is 0.146 e. The van der Waals surface area contributed by atoms with Crippen LogP contribution < -0.4 is 4.74 Å². The van der Waals surface area contributed by atoms with Crippen molar-refractivity contribution in [2.45, 2.75) is 13.8 Å². The van der Waals surface area contributed by atoms with Gasteiger partial charge >= 0.3 is 0 Å². The van der Waals surface area contributed by atoms with E-state index in [0.717, 1.165) is 11.5 Å². The van der Waals surface area contributed by atoms with Gasteiger partial charge in [-0.3, -0.25) is 0 Å². The third-order valence-electron chi connectivity index (χ3n) is 2.00. The molecule has 0 spiro atoms. The summed E-state index contributed by atoms with van der Waals surface area (Å²) in [6, 6.07) is 4.26. The van der Waals surface area contributed by atoms with Gasteiger partial charge < -0.3 is 4.74 Å². The molecule has 0 saturated carbocycles. The second-order valence-corrected chi connectivity index (χ2v) is 8.20. The molecule has 0 radical (unpaired) electrons. The highest BCUT2D eigenvalue weighted by atomic mass is 127. The molecule has 0 aliphatic heterocycles. The predicted octanol–water partition coefficient (Wildman–Crippen LogP) is 4.84. The molecule has 0 amide bonds. The Balaban J connectivity index is 2.82. The molecule has 0 unspecified atom stereocenters. The Morgan fingerprint density at radius 2 is 1.69 bits per heavy atom. The van der Waals surface area contributed by atoms with E-state index in [2.05, 4.69) is 106 Å². The van der Waals surface area contributed by atoms with Crippen LogP contribution in [0.15, 0.2) is 12.1 Å². The van der Waals surface area contributed by atoms with Crippen molar-refractivity contribution in [2.75, 3.05) is 12.4 Å². The summed E-state index contributed by atoms with van der Waals surface area (Å²) >= 11 is 11.3. The van der Waals surface area contributed by atoms with Crippen LogP contribution in [0.3, 0.4) is 0 Å². The standard InChI is InChI=1S/C11H13I3OS/c1-11(2,6-16)5-15-10-8(13)3-7(12)4-9(10)14/h3-4,16H,5-6H2,1-2H3. The summed E-state index contributed by atoms with van der Waals surface area (Å²) < 4.78 is 9.49. The monoisotopic (exact) mass is 574 g/mol. The SMILES string of the molecule is CC(C)(CS)COc1c(I)cc(I)cc1I. The molecule has 0 aromatic heterocycles. The van der Waals surface area contributed by atoms with Gasteiger partial charge in [-0.05, 0) is 85.7 Å². The van der Waals surface area contributed by atoms with Gasteiger partial charge in [-0.25, -0.2) is 0 Å². The highest BCUT2D eigenvalue weighted by Gasteiger charge is 2.18. The zero-order chi connectivity index (χ0) is 12.3. The minimum absolute atomic E-state index is 0.109. The summed E-state index contributed by atoms with van der Waals surface area (Å²) in [5, 5.41) is 0. The first-order chi connectivity index (χ1) is 7.35. The largest absolute Gasteiger partial charge is 0.491 e. The fourth-order valence-electron chi connectivity index (χ4n) is 0.980. The second kappa shape index (κ2) is 6.65. The maximum absolute atomic E-state index is 5.91. The summed E-state index contributed by atoms with van der Waals surface area (Å²) in [6.45, 7) is 5.02. The molecule has 0 saturated heterocycles. The van der Waals surface area contributed by atoms with Gasteiger partial charge in [-0.2, -0.15) is 12.6 Å². The topological polar surface area (TPSA) is 9.23 Å². The highest BCUT2D eigenvalue weighted by molar-refractivity contribution is 14.1. The lowest BCUT2D eigenvalue weighted by atomic mass is 9.98. The van der Waals surface area contributed by atoms with Crippen molar-refractivity contribution >= 4 is 80.4 Å². The Labute approximate surface area is 143 Å². The van der Waals surface area contributed by atoms with Gasteiger partial charge in [0, 0.05) is 8.99 Å². The molecule has 1 aromatic rings. The van der Waals surface area contributed by atoms with Crippen LogP contribution in [0.2, 0.25) is 0 Å². The zero-order valence-corrected chi connectivity index (χ0v) is 16.4. The van der Waals surface area contributed by atoms with Gasteiger partial charge in [0.2, 0.25) is 0 Å². The Kier molecular flexibility index (Phi) is 6.49. The average Bonchev–Trinajstić information content (AvgIpc) is 2.16. The van der Waals surface area contributed by atoms with Crippen LogP contribution >= 0.6 is 80.4 Å². The van der Waals surface area contributed by atoms with Crippen LogP contribution in [0.4, 0.5) is 0 Å². The lowest BCUT2D eigenvalue weighted by Crippen LogP contribution is -2.23. The molecule has 0 fully saturated rings. The summed E-state index contributed by atoms with van der Waals surface area (Å²) in [6.07, 6.45) is 0. The third-order valence-corrected chi connectivity index (χ3v) is 5.08. The maximum atomic E-state index is 5.91. The van der Waals surface area contributed by atoms with Gasteiger partial charge in [0.15, 0.2) is 0 Å². The molecular formula is C11H13I3OS. The van der Waals surface area contributed by atoms with Gasteiger partial charge in [0.05, 0.1) is 13.7 Å². The lowest BCUT2D eigenvalue weighted by Gasteiger charge is -2.23. The first-order valence-electron chi connectivity index (χ1n) is 4.74. The van der Waals surface area contributed by atoms with E-state index < -0.39 is 0 Å². The summed E-state index contributed by atoms with van der Waals surface area (Å²) in [5.74, 6) is 1.82. The fourth-order valence-corrected chi connectivity index (χ4v) is 4.97. The first kappa shape index (κ1) is 15.6. The zero-order valence-electron chi connectivity index (χ0n) is 9.06. The summed E-state index contributed by atoms with van der Waals surface area (Å²) in [4.78, 5) is 0. The normalized spacial score (nSPS) is 11.6. The van der Waals surface area contributed by atoms with Crippen LogP contribution in [-0.2, 0) is 0 Å². The van der Waals surface area contributed by atoms with Crippen molar-refractivity contribution in [3.8, 4) is 5.75 Å². The maximum Gasteiger partial charge on any atom is 0.146 e. The van der Waals surface area contributed by atoms with Gasteiger partial charge in [0.1, 0.15) is 5.75 Å². The van der Waals surface area contributed by atoms with Crippen LogP contribution in [-0.4, -0.2) is 12.4 Å². The number of thiol groups is 1. The third kappa shape index (κ3) is 4.68. The Morgan fingerprint density at radius 3 is 2.12 bits per heavy atom. The van der Waals surface area contributed by atoms with E-state index >= 15 is 0 Å². The van der Waals surface area contributed by atoms with Crippen molar-refractivity contribution in [1.82, 2.24) is 0 Å². The molecule has 0 aliphatic carbocycles. The number of halogens is 3. The molecule has 16 heavy (non-hydrogen) atoms. The minimum Gasteiger partial charge on any atom is -0.491 e. The van der Waals surface area contributed by atoms with Crippen molar-refractivity contribution in [3.05, 3.63) is 22.8 Å². The number of hydrogen-bond donors (Lipinski definition) is 1. The van der Waals surface area contributed by atoms with Gasteiger partial charge in [-0.1, -0.05) is 13.8 Å². The average molecular weight is 574 g/mol. The van der Waals surface area contributed by atoms with E-state index in [0.29, 0.717) is 6.61 Å². The molecule has 90 valence electrons. The van der Waals surface area contributed by atoms with Crippen molar-refractivity contribution < 1.29 is 4.74 Å². The molecule has 0 aliphatic rings. The summed E-state index contributed by atoms with van der Waals surface area (Å²) in [5.41, 5.74) is 0.109. The Morgan fingerprint density at radius 1 is 1.19 bits per heavy atom. The van der Waals surface area contributed by atoms with E-state index in [1.165, 1.54) is 10.7 Å². The fraction of sp³-hybridized carbons (Fsp3) is 0.455. The molecule has 1 aromatic carbocycles. The second-order valence-electron chi connectivity index (χ2n) is 4.31. The molecule has 1 rings (SSSR count). The molecule has 5 heteroatoms. The number of ether oxygens (including phenoxy) is 1. The molecule has 0 atom stereocenters. The quantitative estimate of drug-likeness (QED) is 0.401. The number of benzene rings is 1. The van der Waals surface area contributed by atoms with E-state index in [4.69, 9.17) is 4.74 Å². The molecular weight excluding hydrogens is 561 g/mol. The molecule has 0 N–H and O–H groups in total. The summed E-state index contributed by atoms with van der Waals surface area (Å²) in [7, 11) is 0. The van der Waals surface area contributed by atoms with E-state index in [-0.39, 0.29) is 5.41 Å². The van der Waals surface area contributed by atoms with Gasteiger partial charge in [0.25, 0.3) is 0 Å². The van der Waals surface area contributed by atoms with Crippen LogP contribution in [0, 0.1) is 16.1 Å². The number of hydrogen-bond acceptors (Lipinski definition) is 2. The Hall–Kier alpha value is 1.56. The number of rotatable bonds is 4. The van der Waals surface area contributed by atoms with Crippen molar-refractivity contribution in [3.63, 3.8) is 0 Å². The molecule has 0 bridgehead atoms. The first-order valence-corrected chi connectivity index (χ1v) is 8.61. The van der Waals surface area contributed by atoms with E-state index in [9.17, 15) is 0 Å². The van der Waals surface area contributed by atoms with Crippen LogP contribution in [0.5, 0.6) is 5.75 Å². The van der Waals surface area contributed by atoms with E-state index in [1.54, 1.807) is 0 Å². The predicted molar refractivity (Wildman–Crippen MR) is 97.7 cm³/mol. The van der Waals surface area contributed by atoms with Crippen LogP contribution in [0.1, 0.15) is 13.8 Å². The highest BCUT2D eigenvalue weighted by Crippen LogP contribution is 2.31. The Bertz CT molecular complexity index is 356. The van der Waals surface area contributed by atoms with Crippen molar-refractivity contribution in [2.24, 2.45) is 5.41 Å². The minimum atomic E-state index is 0.109. The van der Waals surface area contributed by atoms with Gasteiger partial charge in [-0.15, -0.1) is 0 Å². The van der Waals surface area contributed by atoms with E-state index in [1.807, 2.05) is 0 Å².